The maximum Gasteiger partial charge on any atom is 0.261 e. The SMILES string of the molecule is Cc1cc(S(=O)(=O)Nc2ccc3c(c2)OCO3)ccc1NC(=O)c1ccccc1. The van der Waals surface area contributed by atoms with Gasteiger partial charge in [-0.2, -0.15) is 0 Å². The molecule has 148 valence electrons. The fraction of sp³-hybridized carbons (Fsp3) is 0.0952. The Kier molecular flexibility index (Phi) is 4.85. The predicted molar refractivity (Wildman–Crippen MR) is 109 cm³/mol. The zero-order valence-corrected chi connectivity index (χ0v) is 16.3. The number of rotatable bonds is 5. The molecule has 0 saturated carbocycles. The molecule has 0 spiro atoms. The lowest BCUT2D eigenvalue weighted by atomic mass is 10.1. The van der Waals surface area contributed by atoms with Gasteiger partial charge in [0.1, 0.15) is 0 Å². The minimum Gasteiger partial charge on any atom is -0.454 e. The van der Waals surface area contributed by atoms with Crippen LogP contribution >= 0.6 is 0 Å². The van der Waals surface area contributed by atoms with Crippen LogP contribution < -0.4 is 19.5 Å². The van der Waals surface area contributed by atoms with E-state index in [9.17, 15) is 13.2 Å². The Hall–Kier alpha value is -3.52. The first kappa shape index (κ1) is 18.8. The van der Waals surface area contributed by atoms with Gasteiger partial charge in [-0.25, -0.2) is 8.42 Å². The number of anilines is 2. The second-order valence-corrected chi connectivity index (χ2v) is 8.15. The molecule has 0 fully saturated rings. The van der Waals surface area contributed by atoms with Crippen LogP contribution in [0.2, 0.25) is 0 Å². The molecule has 2 N–H and O–H groups in total. The molecule has 0 aromatic heterocycles. The first-order valence-electron chi connectivity index (χ1n) is 8.82. The number of benzene rings is 3. The number of carbonyl (C=O) groups excluding carboxylic acids is 1. The average molecular weight is 410 g/mol. The standard InChI is InChI=1S/C21H18N2O5S/c1-14-11-17(8-9-18(14)22-21(24)15-5-3-2-4-6-15)29(25,26)23-16-7-10-19-20(12-16)28-13-27-19/h2-12,23H,13H2,1H3,(H,22,24). The molecule has 3 aromatic carbocycles. The Labute approximate surface area is 168 Å². The van der Waals surface area contributed by atoms with Crippen molar-refractivity contribution in [2.45, 2.75) is 11.8 Å². The van der Waals surface area contributed by atoms with Crippen molar-refractivity contribution < 1.29 is 22.7 Å². The van der Waals surface area contributed by atoms with Gasteiger partial charge in [0.15, 0.2) is 11.5 Å². The fourth-order valence-corrected chi connectivity index (χ4v) is 4.04. The molecule has 0 aliphatic carbocycles. The normalized spacial score (nSPS) is 12.4. The van der Waals surface area contributed by atoms with Crippen molar-refractivity contribution in [3.05, 3.63) is 77.9 Å². The second kappa shape index (κ2) is 7.48. The van der Waals surface area contributed by atoms with Crippen LogP contribution in [0.3, 0.4) is 0 Å². The van der Waals surface area contributed by atoms with Crippen molar-refractivity contribution in [1.29, 1.82) is 0 Å². The highest BCUT2D eigenvalue weighted by Gasteiger charge is 2.19. The Balaban J connectivity index is 1.52. The molecule has 7 nitrogen and oxygen atoms in total. The number of hydrogen-bond acceptors (Lipinski definition) is 5. The van der Waals surface area contributed by atoms with E-state index in [1.54, 1.807) is 55.5 Å². The smallest absolute Gasteiger partial charge is 0.261 e. The van der Waals surface area contributed by atoms with Crippen LogP contribution in [0.4, 0.5) is 11.4 Å². The largest absolute Gasteiger partial charge is 0.454 e. The maximum absolute atomic E-state index is 12.7. The molecule has 8 heteroatoms. The molecule has 1 aliphatic heterocycles. The van der Waals surface area contributed by atoms with Crippen molar-refractivity contribution in [3.63, 3.8) is 0 Å². The van der Waals surface area contributed by atoms with E-state index in [4.69, 9.17) is 9.47 Å². The summed E-state index contributed by atoms with van der Waals surface area (Å²) >= 11 is 0. The molecule has 0 bridgehead atoms. The van der Waals surface area contributed by atoms with Gasteiger partial charge in [-0.15, -0.1) is 0 Å². The third kappa shape index (κ3) is 4.02. The Morgan fingerprint density at radius 3 is 2.45 bits per heavy atom. The van der Waals surface area contributed by atoms with Crippen molar-refractivity contribution >= 4 is 27.3 Å². The quantitative estimate of drug-likeness (QED) is 0.668. The Morgan fingerprint density at radius 2 is 1.69 bits per heavy atom. The summed E-state index contributed by atoms with van der Waals surface area (Å²) in [6, 6.07) is 18.1. The number of aryl methyl sites for hydroxylation is 1. The molecule has 0 radical (unpaired) electrons. The van der Waals surface area contributed by atoms with Gasteiger partial charge in [0.2, 0.25) is 6.79 Å². The van der Waals surface area contributed by atoms with Crippen LogP contribution in [0.5, 0.6) is 11.5 Å². The fourth-order valence-electron chi connectivity index (χ4n) is 2.90. The van der Waals surface area contributed by atoms with Crippen LogP contribution in [0.25, 0.3) is 0 Å². The zero-order valence-electron chi connectivity index (χ0n) is 15.5. The molecule has 1 heterocycles. The summed E-state index contributed by atoms with van der Waals surface area (Å²) in [4.78, 5) is 12.4. The van der Waals surface area contributed by atoms with Crippen molar-refractivity contribution in [1.82, 2.24) is 0 Å². The van der Waals surface area contributed by atoms with Gasteiger partial charge in [0, 0.05) is 17.3 Å². The maximum atomic E-state index is 12.7. The minimum atomic E-state index is -3.81. The summed E-state index contributed by atoms with van der Waals surface area (Å²) in [5.41, 5.74) is 2.06. The number of ether oxygens (including phenoxy) is 2. The van der Waals surface area contributed by atoms with E-state index >= 15 is 0 Å². The topological polar surface area (TPSA) is 93.7 Å². The predicted octanol–water partition coefficient (Wildman–Crippen LogP) is 3.78. The van der Waals surface area contributed by atoms with E-state index in [-0.39, 0.29) is 17.6 Å². The van der Waals surface area contributed by atoms with Gasteiger partial charge in [-0.1, -0.05) is 18.2 Å². The minimum absolute atomic E-state index is 0.0883. The highest BCUT2D eigenvalue weighted by molar-refractivity contribution is 7.92. The third-order valence-electron chi connectivity index (χ3n) is 4.42. The number of hydrogen-bond donors (Lipinski definition) is 2. The Bertz CT molecular complexity index is 1180. The lowest BCUT2D eigenvalue weighted by Gasteiger charge is -2.12. The summed E-state index contributed by atoms with van der Waals surface area (Å²) in [7, 11) is -3.81. The molecule has 0 atom stereocenters. The number of nitrogens with one attached hydrogen (secondary N) is 2. The average Bonchev–Trinajstić information content (AvgIpc) is 3.17. The Morgan fingerprint density at radius 1 is 0.931 bits per heavy atom. The number of fused-ring (bicyclic) bond motifs is 1. The summed E-state index contributed by atoms with van der Waals surface area (Å²) in [5.74, 6) is 0.797. The third-order valence-corrected chi connectivity index (χ3v) is 5.80. The summed E-state index contributed by atoms with van der Waals surface area (Å²) in [6.45, 7) is 1.85. The summed E-state index contributed by atoms with van der Waals surface area (Å²) < 4.78 is 38.5. The van der Waals surface area contributed by atoms with Crippen LogP contribution in [-0.2, 0) is 10.0 Å². The van der Waals surface area contributed by atoms with Gasteiger partial charge >= 0.3 is 0 Å². The first-order chi connectivity index (χ1) is 13.9. The molecule has 1 amide bonds. The van der Waals surface area contributed by atoms with E-state index in [0.29, 0.717) is 34.0 Å². The molecule has 4 rings (SSSR count). The van der Waals surface area contributed by atoms with Crippen LogP contribution in [0.1, 0.15) is 15.9 Å². The van der Waals surface area contributed by atoms with Crippen LogP contribution in [-0.4, -0.2) is 21.1 Å². The lowest BCUT2D eigenvalue weighted by molar-refractivity contribution is 0.102. The van der Waals surface area contributed by atoms with Gasteiger partial charge in [-0.05, 0) is 55.0 Å². The van der Waals surface area contributed by atoms with Crippen molar-refractivity contribution in [2.24, 2.45) is 0 Å². The monoisotopic (exact) mass is 410 g/mol. The van der Waals surface area contributed by atoms with E-state index in [0.717, 1.165) is 0 Å². The number of sulfonamides is 1. The summed E-state index contributed by atoms with van der Waals surface area (Å²) in [5, 5.41) is 2.80. The molecular formula is C21H18N2O5S. The van der Waals surface area contributed by atoms with Gasteiger partial charge in [-0.3, -0.25) is 9.52 Å². The summed E-state index contributed by atoms with van der Waals surface area (Å²) in [6.07, 6.45) is 0. The molecule has 0 saturated heterocycles. The van der Waals surface area contributed by atoms with Gasteiger partial charge in [0.25, 0.3) is 15.9 Å². The molecule has 1 aliphatic rings. The molecular weight excluding hydrogens is 392 g/mol. The zero-order chi connectivity index (χ0) is 20.4. The molecule has 3 aromatic rings. The second-order valence-electron chi connectivity index (χ2n) is 6.47. The van der Waals surface area contributed by atoms with Crippen molar-refractivity contribution in [3.8, 4) is 11.5 Å². The first-order valence-corrected chi connectivity index (χ1v) is 10.3. The van der Waals surface area contributed by atoms with E-state index in [1.807, 2.05) is 6.07 Å². The van der Waals surface area contributed by atoms with E-state index in [1.165, 1.54) is 12.1 Å². The van der Waals surface area contributed by atoms with Crippen LogP contribution in [0, 0.1) is 6.92 Å². The van der Waals surface area contributed by atoms with Gasteiger partial charge in [0.05, 0.1) is 10.6 Å². The lowest BCUT2D eigenvalue weighted by Crippen LogP contribution is -2.15. The highest BCUT2D eigenvalue weighted by Crippen LogP contribution is 2.35. The van der Waals surface area contributed by atoms with Crippen molar-refractivity contribution in [2.75, 3.05) is 16.8 Å². The van der Waals surface area contributed by atoms with E-state index < -0.39 is 10.0 Å². The number of carbonyl (C=O) groups is 1. The van der Waals surface area contributed by atoms with Gasteiger partial charge < -0.3 is 14.8 Å². The highest BCUT2D eigenvalue weighted by atomic mass is 32.2. The molecule has 29 heavy (non-hydrogen) atoms. The van der Waals surface area contributed by atoms with E-state index in [2.05, 4.69) is 10.0 Å². The van der Waals surface area contributed by atoms with Crippen LogP contribution in [0.15, 0.2) is 71.6 Å². The number of amides is 1. The molecule has 0 unspecified atom stereocenters.